The molecule has 35 heavy (non-hydrogen) atoms. The van der Waals surface area contributed by atoms with Crippen LogP contribution in [0.25, 0.3) is 10.4 Å². The van der Waals surface area contributed by atoms with Crippen molar-refractivity contribution in [3.63, 3.8) is 0 Å². The van der Waals surface area contributed by atoms with Crippen molar-refractivity contribution < 1.29 is 4.79 Å². The summed E-state index contributed by atoms with van der Waals surface area (Å²) in [6.45, 7) is 7.09. The summed E-state index contributed by atoms with van der Waals surface area (Å²) in [6.07, 6.45) is 16.0. The smallest absolute Gasteiger partial charge is 0.314 e. The first-order chi connectivity index (χ1) is 17.2. The van der Waals surface area contributed by atoms with Gasteiger partial charge in [-0.3, -0.25) is 14.8 Å². The Kier molecular flexibility index (Phi) is 7.04. The molecule has 0 radical (unpaired) electrons. The van der Waals surface area contributed by atoms with Crippen LogP contribution in [0.15, 0.2) is 54.9 Å². The van der Waals surface area contributed by atoms with Crippen molar-refractivity contribution in [2.24, 2.45) is 5.92 Å². The van der Waals surface area contributed by atoms with Gasteiger partial charge in [0.05, 0.1) is 6.20 Å². The lowest BCUT2D eigenvalue weighted by atomic mass is 9.76. The van der Waals surface area contributed by atoms with Crippen molar-refractivity contribution in [1.29, 1.82) is 0 Å². The van der Waals surface area contributed by atoms with Crippen LogP contribution in [0.4, 0.5) is 11.5 Å². The summed E-state index contributed by atoms with van der Waals surface area (Å²) in [6, 6.07) is 12.7. The average Bonchev–Trinajstić information content (AvgIpc) is 3.40. The van der Waals surface area contributed by atoms with Crippen LogP contribution in [0.5, 0.6) is 0 Å². The maximum atomic E-state index is 12.8. The van der Waals surface area contributed by atoms with E-state index < -0.39 is 0 Å². The third kappa shape index (κ3) is 5.51. The lowest BCUT2D eigenvalue weighted by Crippen LogP contribution is -2.17. The molecule has 0 atom stereocenters. The highest BCUT2D eigenvalue weighted by atomic mass is 16.2. The Morgan fingerprint density at radius 3 is 2.71 bits per heavy atom. The Hall–Kier alpha value is -3.72. The van der Waals surface area contributed by atoms with Crippen LogP contribution in [-0.4, -0.2) is 20.9 Å². The number of anilines is 1. The molecular weight excluding hydrogens is 434 g/mol. The Bertz CT molecular complexity index is 1250. The van der Waals surface area contributed by atoms with E-state index in [9.17, 15) is 4.79 Å². The summed E-state index contributed by atoms with van der Waals surface area (Å²) in [4.78, 5) is 27.5. The Labute approximate surface area is 206 Å². The molecule has 2 aromatic heterocycles. The van der Waals surface area contributed by atoms with Crippen LogP contribution < -0.4 is 5.32 Å². The zero-order valence-corrected chi connectivity index (χ0v) is 20.0. The lowest BCUT2D eigenvalue weighted by Gasteiger charge is -2.29. The van der Waals surface area contributed by atoms with Crippen LogP contribution in [0.1, 0.15) is 84.7 Å². The lowest BCUT2D eigenvalue weighted by molar-refractivity contribution is 0.101. The highest BCUT2D eigenvalue weighted by Gasteiger charge is 2.25. The molecule has 2 N–H and O–H groups in total. The molecule has 3 aromatic rings. The van der Waals surface area contributed by atoms with Crippen molar-refractivity contribution in [2.75, 3.05) is 5.32 Å². The van der Waals surface area contributed by atoms with E-state index in [0.717, 1.165) is 30.5 Å². The molecule has 178 valence electrons. The molecule has 6 heteroatoms. The predicted molar refractivity (Wildman–Crippen MR) is 138 cm³/mol. The molecule has 1 fully saturated rings. The molecular formula is C29H31N5O. The number of carbonyl (C=O) groups is 1. The molecule has 5 rings (SSSR count). The van der Waals surface area contributed by atoms with E-state index in [-0.39, 0.29) is 17.5 Å². The molecule has 6 nitrogen and oxygen atoms in total. The van der Waals surface area contributed by atoms with Crippen LogP contribution in [0.2, 0.25) is 0 Å². The minimum Gasteiger partial charge on any atom is -0.363 e. The van der Waals surface area contributed by atoms with Crippen molar-refractivity contribution in [1.82, 2.24) is 15.0 Å². The van der Waals surface area contributed by atoms with Crippen LogP contribution in [0, 0.1) is 12.5 Å². The SMILES string of the molecule is [C-]#[N+]c1cnc(C(=O)Nc2ccc(C3CCC(Cc4ccccn4)CC3)cc2C2=CCCCC2)[nH]1. The van der Waals surface area contributed by atoms with Gasteiger partial charge in [0.1, 0.15) is 0 Å². The van der Waals surface area contributed by atoms with Crippen LogP contribution in [0.3, 0.4) is 0 Å². The predicted octanol–water partition coefficient (Wildman–Crippen LogP) is 7.08. The minimum absolute atomic E-state index is 0.162. The number of nitrogens with zero attached hydrogens (tertiary/aromatic N) is 3. The Morgan fingerprint density at radius 1 is 1.11 bits per heavy atom. The van der Waals surface area contributed by atoms with E-state index in [1.807, 2.05) is 12.3 Å². The largest absolute Gasteiger partial charge is 0.363 e. The number of aromatic nitrogens is 3. The van der Waals surface area contributed by atoms with Crippen LogP contribution >= 0.6 is 0 Å². The summed E-state index contributed by atoms with van der Waals surface area (Å²) in [7, 11) is 0. The van der Waals surface area contributed by atoms with Gasteiger partial charge in [0, 0.05) is 23.1 Å². The average molecular weight is 466 g/mol. The maximum absolute atomic E-state index is 12.8. The number of rotatable bonds is 6. The first-order valence-electron chi connectivity index (χ1n) is 12.7. The number of benzene rings is 1. The maximum Gasteiger partial charge on any atom is 0.314 e. The first kappa shape index (κ1) is 23.0. The van der Waals surface area contributed by atoms with Gasteiger partial charge >= 0.3 is 5.91 Å². The number of allylic oxidation sites excluding steroid dienone is 2. The number of hydrogen-bond acceptors (Lipinski definition) is 3. The molecule has 0 saturated heterocycles. The summed E-state index contributed by atoms with van der Waals surface area (Å²) < 4.78 is 0. The van der Waals surface area contributed by atoms with Gasteiger partial charge in [-0.2, -0.15) is 0 Å². The highest BCUT2D eigenvalue weighted by molar-refractivity contribution is 6.03. The molecule has 1 amide bonds. The molecule has 0 spiro atoms. The second kappa shape index (κ2) is 10.7. The molecule has 0 bridgehead atoms. The van der Waals surface area contributed by atoms with Crippen molar-refractivity contribution in [3.05, 3.63) is 88.9 Å². The first-order valence-corrected chi connectivity index (χ1v) is 12.7. The fourth-order valence-electron chi connectivity index (χ4n) is 5.45. The minimum atomic E-state index is -0.319. The monoisotopic (exact) mass is 465 g/mol. The molecule has 1 saturated carbocycles. The quantitative estimate of drug-likeness (QED) is 0.382. The molecule has 2 heterocycles. The standard InChI is InChI=1S/C29H31N5O/c1-30-27-19-32-28(34-27)29(35)33-26-15-14-23(18-25(26)22-7-3-2-4-8-22)21-12-10-20(11-13-21)17-24-9-5-6-16-31-24/h5-7,9,14-16,18-21H,2-4,8,10-13,17H2,(H,32,34)(H,33,35). The molecule has 0 unspecified atom stereocenters. The van der Waals surface area contributed by atoms with Gasteiger partial charge in [0.25, 0.3) is 5.82 Å². The Morgan fingerprint density at radius 2 is 2.00 bits per heavy atom. The fraction of sp³-hybridized carbons (Fsp3) is 0.379. The topological polar surface area (TPSA) is 75.0 Å². The summed E-state index contributed by atoms with van der Waals surface area (Å²) in [5.74, 6) is 1.36. The number of carbonyl (C=O) groups excluding carboxylic acids is 1. The molecule has 1 aromatic carbocycles. The number of amides is 1. The summed E-state index contributed by atoms with van der Waals surface area (Å²) in [5, 5.41) is 3.04. The van der Waals surface area contributed by atoms with Gasteiger partial charge in [-0.15, -0.1) is 0 Å². The summed E-state index contributed by atoms with van der Waals surface area (Å²) >= 11 is 0. The second-order valence-corrected chi connectivity index (χ2v) is 9.71. The second-order valence-electron chi connectivity index (χ2n) is 9.71. The van der Waals surface area contributed by atoms with Gasteiger partial charge < -0.3 is 10.2 Å². The number of nitrogens with one attached hydrogen (secondary N) is 2. The normalized spacial score (nSPS) is 20.0. The van der Waals surface area contributed by atoms with Crippen molar-refractivity contribution in [3.8, 4) is 0 Å². The highest BCUT2D eigenvalue weighted by Crippen LogP contribution is 2.40. The number of aromatic amines is 1. The molecule has 2 aliphatic carbocycles. The zero-order chi connectivity index (χ0) is 24.0. The third-order valence-corrected chi connectivity index (χ3v) is 7.37. The van der Waals surface area contributed by atoms with E-state index in [1.165, 1.54) is 61.6 Å². The van der Waals surface area contributed by atoms with Gasteiger partial charge in [-0.25, -0.2) is 4.98 Å². The number of imidazole rings is 1. The van der Waals surface area contributed by atoms with E-state index in [0.29, 0.717) is 11.8 Å². The van der Waals surface area contributed by atoms with Crippen molar-refractivity contribution >= 4 is 23.0 Å². The third-order valence-electron chi connectivity index (χ3n) is 7.37. The van der Waals surface area contributed by atoms with Gasteiger partial charge in [0.15, 0.2) is 0 Å². The van der Waals surface area contributed by atoms with Crippen molar-refractivity contribution in [2.45, 2.75) is 63.7 Å². The fourth-order valence-corrected chi connectivity index (χ4v) is 5.45. The van der Waals surface area contributed by atoms with Gasteiger partial charge in [-0.1, -0.05) is 24.8 Å². The summed E-state index contributed by atoms with van der Waals surface area (Å²) in [5.41, 5.74) is 5.83. The number of pyridine rings is 1. The van der Waals surface area contributed by atoms with Gasteiger partial charge in [0.2, 0.25) is 5.82 Å². The van der Waals surface area contributed by atoms with E-state index in [1.54, 1.807) is 0 Å². The molecule has 2 aliphatic rings. The van der Waals surface area contributed by atoms with Gasteiger partial charge in [-0.05, 0) is 105 Å². The van der Waals surface area contributed by atoms with E-state index in [2.05, 4.69) is 61.5 Å². The number of hydrogen-bond donors (Lipinski definition) is 2. The van der Waals surface area contributed by atoms with E-state index >= 15 is 0 Å². The Balaban J connectivity index is 1.32. The zero-order valence-electron chi connectivity index (χ0n) is 20.0. The molecule has 0 aliphatic heterocycles. The van der Waals surface area contributed by atoms with Crippen LogP contribution in [-0.2, 0) is 6.42 Å². The van der Waals surface area contributed by atoms with E-state index in [4.69, 9.17) is 6.57 Å². The number of H-pyrrole nitrogens is 1.